The quantitative estimate of drug-likeness (QED) is 0.188. The molecule has 7 atom stereocenters. The van der Waals surface area contributed by atoms with E-state index in [0.29, 0.717) is 12.1 Å². The van der Waals surface area contributed by atoms with E-state index in [1.807, 2.05) is 39.8 Å². The summed E-state index contributed by atoms with van der Waals surface area (Å²) in [6.45, 7) is 13.8. The van der Waals surface area contributed by atoms with Crippen molar-refractivity contribution in [3.63, 3.8) is 0 Å². The first kappa shape index (κ1) is 30.2. The number of anilines is 1. The van der Waals surface area contributed by atoms with Crippen LogP contribution in [0, 0.1) is 28.1 Å². The zero-order chi connectivity index (χ0) is 28.3. The molecule has 2 aliphatic rings. The Labute approximate surface area is 230 Å². The number of esters is 2. The Hall–Kier alpha value is -2.32. The first-order valence-corrected chi connectivity index (χ1v) is 14.5. The van der Waals surface area contributed by atoms with Gasteiger partial charge in [-0.1, -0.05) is 32.9 Å². The lowest BCUT2D eigenvalue weighted by Crippen LogP contribution is -2.64. The number of hydrogen-bond donors (Lipinski definition) is 2. The summed E-state index contributed by atoms with van der Waals surface area (Å²) in [6.07, 6.45) is 1.97. The predicted molar refractivity (Wildman–Crippen MR) is 149 cm³/mol. The zero-order valence-electron chi connectivity index (χ0n) is 23.3. The first-order valence-electron chi connectivity index (χ1n) is 13.5. The van der Waals surface area contributed by atoms with Gasteiger partial charge in [0.05, 0.1) is 23.9 Å². The molecule has 0 aliphatic heterocycles. The van der Waals surface area contributed by atoms with Crippen molar-refractivity contribution in [1.82, 2.24) is 0 Å². The molecule has 1 unspecified atom stereocenters. The van der Waals surface area contributed by atoms with Crippen LogP contribution in [0.25, 0.3) is 0 Å². The van der Waals surface area contributed by atoms with Gasteiger partial charge in [0.2, 0.25) is 0 Å². The van der Waals surface area contributed by atoms with E-state index in [-0.39, 0.29) is 49.3 Å². The second-order valence-corrected chi connectivity index (χ2v) is 12.5. The van der Waals surface area contributed by atoms with Crippen molar-refractivity contribution in [2.24, 2.45) is 28.1 Å². The van der Waals surface area contributed by atoms with E-state index in [2.05, 4.69) is 6.58 Å². The highest BCUT2D eigenvalue weighted by molar-refractivity contribution is 8.00. The number of fused-ring (bicyclic) bond motifs is 2. The minimum Gasteiger partial charge on any atom is -0.466 e. The fourth-order valence-electron chi connectivity index (χ4n) is 6.48. The molecule has 210 valence electrons. The lowest BCUT2D eigenvalue weighted by molar-refractivity contribution is -0.191. The van der Waals surface area contributed by atoms with E-state index in [4.69, 9.17) is 15.2 Å². The van der Waals surface area contributed by atoms with Crippen LogP contribution in [0.1, 0.15) is 66.7 Å². The Bertz CT molecular complexity index is 1060. The van der Waals surface area contributed by atoms with E-state index < -0.39 is 40.3 Å². The number of aliphatic hydroxyl groups is 1. The maximum absolute atomic E-state index is 14.6. The summed E-state index contributed by atoms with van der Waals surface area (Å²) < 4.78 is 11.3. The molecule has 0 spiro atoms. The number of ketones is 1. The van der Waals surface area contributed by atoms with Gasteiger partial charge < -0.3 is 20.3 Å². The van der Waals surface area contributed by atoms with Crippen molar-refractivity contribution in [2.45, 2.75) is 83.8 Å². The number of nitrogen functional groups attached to an aromatic ring is 1. The number of rotatable bonds is 9. The molecular weight excluding hydrogens is 502 g/mol. The van der Waals surface area contributed by atoms with E-state index in [1.165, 1.54) is 11.8 Å². The molecule has 0 amide bonds. The third-order valence-corrected chi connectivity index (χ3v) is 10.3. The maximum atomic E-state index is 14.6. The Kier molecular flexibility index (Phi) is 9.40. The van der Waals surface area contributed by atoms with Gasteiger partial charge in [-0.3, -0.25) is 14.4 Å². The van der Waals surface area contributed by atoms with Gasteiger partial charge in [-0.15, -0.1) is 18.3 Å². The van der Waals surface area contributed by atoms with Crippen LogP contribution in [0.2, 0.25) is 0 Å². The molecule has 2 bridgehead atoms. The van der Waals surface area contributed by atoms with Crippen molar-refractivity contribution < 1.29 is 29.0 Å². The lowest BCUT2D eigenvalue weighted by atomic mass is 9.46. The maximum Gasteiger partial charge on any atom is 0.316 e. The monoisotopic (exact) mass is 545 g/mol. The van der Waals surface area contributed by atoms with E-state index in [9.17, 15) is 19.5 Å². The highest BCUT2D eigenvalue weighted by atomic mass is 32.2. The smallest absolute Gasteiger partial charge is 0.316 e. The summed E-state index contributed by atoms with van der Waals surface area (Å²) in [6, 6.07) is 7.29. The molecule has 8 heteroatoms. The summed E-state index contributed by atoms with van der Waals surface area (Å²) in [7, 11) is 0. The van der Waals surface area contributed by atoms with Crippen molar-refractivity contribution >= 4 is 35.2 Å². The number of nitrogens with two attached hydrogens (primary N) is 1. The molecule has 0 saturated heterocycles. The molecular formula is C30H43NO6S. The van der Waals surface area contributed by atoms with Crippen LogP contribution >= 0.6 is 11.8 Å². The highest BCUT2D eigenvalue weighted by Gasteiger charge is 2.64. The molecule has 2 fully saturated rings. The summed E-state index contributed by atoms with van der Waals surface area (Å²) in [5.41, 5.74) is 3.74. The van der Waals surface area contributed by atoms with Gasteiger partial charge in [0.1, 0.15) is 11.9 Å². The highest BCUT2D eigenvalue weighted by Crippen LogP contribution is 2.60. The van der Waals surface area contributed by atoms with Crippen LogP contribution in [0.15, 0.2) is 41.8 Å². The summed E-state index contributed by atoms with van der Waals surface area (Å²) >= 11 is 1.33. The van der Waals surface area contributed by atoms with Crippen LogP contribution < -0.4 is 5.73 Å². The van der Waals surface area contributed by atoms with Gasteiger partial charge in [0.15, 0.2) is 0 Å². The number of benzene rings is 1. The van der Waals surface area contributed by atoms with Gasteiger partial charge in [0.25, 0.3) is 0 Å². The number of hydrogen-bond acceptors (Lipinski definition) is 8. The summed E-state index contributed by atoms with van der Waals surface area (Å²) in [5.74, 6) is -1.23. The number of carbonyl (C=O) groups excluding carboxylic acids is 3. The SMILES string of the molecule is C=C[C@]1(C)C[C@@H](OC(=O)CSc2cccc(N)c2)[C@@]2(C)C(=O)[C@](CCC(=O)OCC)(CCC2C)[C@@H](C)[C@@H]1O. The largest absolute Gasteiger partial charge is 0.466 e. The third kappa shape index (κ3) is 5.67. The van der Waals surface area contributed by atoms with E-state index in [0.717, 1.165) is 11.3 Å². The summed E-state index contributed by atoms with van der Waals surface area (Å²) in [4.78, 5) is 40.9. The average Bonchev–Trinajstić information content (AvgIpc) is 2.89. The van der Waals surface area contributed by atoms with Crippen molar-refractivity contribution in [1.29, 1.82) is 0 Å². The molecule has 7 nitrogen and oxygen atoms in total. The number of aliphatic hydroxyl groups excluding tert-OH is 1. The van der Waals surface area contributed by atoms with E-state index in [1.54, 1.807) is 25.1 Å². The van der Waals surface area contributed by atoms with Gasteiger partial charge in [-0.2, -0.15) is 0 Å². The number of thioether (sulfide) groups is 1. The molecule has 3 N–H and O–H groups in total. The van der Waals surface area contributed by atoms with Crippen LogP contribution in [0.4, 0.5) is 5.69 Å². The van der Waals surface area contributed by atoms with Crippen LogP contribution in [-0.4, -0.2) is 47.4 Å². The molecule has 0 heterocycles. The Morgan fingerprint density at radius 1 is 1.26 bits per heavy atom. The third-order valence-electron chi connectivity index (χ3n) is 9.34. The molecule has 38 heavy (non-hydrogen) atoms. The van der Waals surface area contributed by atoms with Gasteiger partial charge in [-0.05, 0) is 69.6 Å². The Balaban J connectivity index is 1.97. The Morgan fingerprint density at radius 3 is 2.61 bits per heavy atom. The zero-order valence-corrected chi connectivity index (χ0v) is 24.1. The first-order chi connectivity index (χ1) is 17.8. The molecule has 0 radical (unpaired) electrons. The van der Waals surface area contributed by atoms with Crippen LogP contribution in [0.3, 0.4) is 0 Å². The van der Waals surface area contributed by atoms with Crippen LogP contribution in [-0.2, 0) is 23.9 Å². The second kappa shape index (κ2) is 11.8. The number of ether oxygens (including phenoxy) is 2. The van der Waals surface area contributed by atoms with E-state index >= 15 is 0 Å². The van der Waals surface area contributed by atoms with Gasteiger partial charge in [-0.25, -0.2) is 0 Å². The van der Waals surface area contributed by atoms with Crippen molar-refractivity contribution in [3.05, 3.63) is 36.9 Å². The van der Waals surface area contributed by atoms with Gasteiger partial charge in [0, 0.05) is 27.8 Å². The fourth-order valence-corrected chi connectivity index (χ4v) is 7.23. The molecule has 1 aromatic carbocycles. The molecule has 2 aliphatic carbocycles. The minimum absolute atomic E-state index is 0.0352. The topological polar surface area (TPSA) is 116 Å². The average molecular weight is 546 g/mol. The molecule has 1 aromatic rings. The molecule has 3 rings (SSSR count). The summed E-state index contributed by atoms with van der Waals surface area (Å²) in [5, 5.41) is 11.6. The van der Waals surface area contributed by atoms with Gasteiger partial charge >= 0.3 is 11.9 Å². The standard InChI is InChI=1S/C30H43NO6S/c1-7-28(5)17-23(37-25(33)18-38-22-11-9-10-21(31)16-22)29(6)19(3)12-14-30(27(29)35,20(4)26(28)34)15-13-24(32)36-8-2/h7,9-11,16,19-20,23,26,34H,1,8,12-15,17-18,31H2,2-6H3/t19?,20-,23+,26-,28+,29-,30-/m0/s1. The number of Topliss-reactive ketones (excluding diaryl/α,β-unsaturated/α-hetero) is 1. The number of carbonyl (C=O) groups is 3. The van der Waals surface area contributed by atoms with Crippen molar-refractivity contribution in [3.8, 4) is 0 Å². The normalized spacial score (nSPS) is 35.1. The lowest BCUT2D eigenvalue weighted by Gasteiger charge is -2.58. The van der Waals surface area contributed by atoms with Crippen molar-refractivity contribution in [2.75, 3.05) is 18.1 Å². The second-order valence-electron chi connectivity index (χ2n) is 11.5. The minimum atomic E-state index is -0.983. The molecule has 0 aromatic heterocycles. The fraction of sp³-hybridized carbons (Fsp3) is 0.633. The molecule has 2 saturated carbocycles. The predicted octanol–water partition coefficient (Wildman–Crippen LogP) is 5.20. The Morgan fingerprint density at radius 2 is 1.97 bits per heavy atom. The van der Waals surface area contributed by atoms with Crippen LogP contribution in [0.5, 0.6) is 0 Å².